The zero-order valence-electron chi connectivity index (χ0n) is 17.7. The summed E-state index contributed by atoms with van der Waals surface area (Å²) in [7, 11) is 0. The summed E-state index contributed by atoms with van der Waals surface area (Å²) in [5, 5.41) is 9.85. The number of nitrogens with one attached hydrogen (secondary N) is 1. The minimum Gasteiger partial charge on any atom is -0.435 e. The molecule has 0 unspecified atom stereocenters. The van der Waals surface area contributed by atoms with E-state index in [2.05, 4.69) is 25.1 Å². The van der Waals surface area contributed by atoms with E-state index in [0.29, 0.717) is 20.6 Å². The van der Waals surface area contributed by atoms with Gasteiger partial charge in [-0.1, -0.05) is 6.07 Å². The molecule has 0 saturated carbocycles. The molecule has 0 saturated heterocycles. The smallest absolute Gasteiger partial charge is 0.433 e. The van der Waals surface area contributed by atoms with Crippen molar-refractivity contribution >= 4 is 39.4 Å². The minimum atomic E-state index is -4.73. The molecule has 0 aliphatic heterocycles. The fraction of sp³-hybridized carbons (Fsp3) is 0.0909. The molecule has 5 rings (SSSR count). The van der Waals surface area contributed by atoms with E-state index in [1.165, 1.54) is 35.6 Å². The summed E-state index contributed by atoms with van der Waals surface area (Å²) >= 11 is 2.31. The highest BCUT2D eigenvalue weighted by Gasteiger charge is 2.35. The molecule has 1 amide bonds. The topological polar surface area (TPSA) is 81.4 Å². The van der Waals surface area contributed by atoms with E-state index in [1.54, 1.807) is 22.9 Å². The van der Waals surface area contributed by atoms with Crippen molar-refractivity contribution in [1.82, 2.24) is 19.6 Å². The van der Waals surface area contributed by atoms with Gasteiger partial charge in [0.2, 0.25) is 0 Å². The fourth-order valence-corrected chi connectivity index (χ4v) is 4.67. The molecule has 14 heteroatoms. The van der Waals surface area contributed by atoms with Gasteiger partial charge in [0.1, 0.15) is 5.75 Å². The van der Waals surface area contributed by atoms with Crippen molar-refractivity contribution in [2.45, 2.75) is 12.8 Å². The normalized spacial score (nSPS) is 11.8. The van der Waals surface area contributed by atoms with E-state index in [0.717, 1.165) is 23.5 Å². The number of benzene rings is 1. The lowest BCUT2D eigenvalue weighted by atomic mass is 10.2. The summed E-state index contributed by atoms with van der Waals surface area (Å²) in [5.41, 5.74) is -0.320. The monoisotopic (exact) mass is 537 g/mol. The number of alkyl halides is 5. The SMILES string of the molecule is O=C(Nc1nc(-c2ccc(OC(F)F)cc2)cs1)c1cc2nc(-c3cccs3)cc(C(F)(F)F)n2n1. The van der Waals surface area contributed by atoms with E-state index in [9.17, 15) is 26.7 Å². The van der Waals surface area contributed by atoms with E-state index >= 15 is 0 Å². The van der Waals surface area contributed by atoms with E-state index in [4.69, 9.17) is 0 Å². The number of hydrogen-bond acceptors (Lipinski definition) is 7. The molecule has 0 spiro atoms. The molecule has 184 valence electrons. The van der Waals surface area contributed by atoms with Crippen LogP contribution in [0.4, 0.5) is 27.1 Å². The van der Waals surface area contributed by atoms with Gasteiger partial charge in [-0.05, 0) is 41.8 Å². The molecule has 0 atom stereocenters. The van der Waals surface area contributed by atoms with Gasteiger partial charge < -0.3 is 4.74 Å². The third kappa shape index (κ3) is 4.90. The van der Waals surface area contributed by atoms with Gasteiger partial charge in [0.15, 0.2) is 22.2 Å². The number of anilines is 1. The first-order valence-corrected chi connectivity index (χ1v) is 11.8. The van der Waals surface area contributed by atoms with Crippen molar-refractivity contribution in [1.29, 1.82) is 0 Å². The van der Waals surface area contributed by atoms with Gasteiger partial charge in [-0.3, -0.25) is 10.1 Å². The fourth-order valence-electron chi connectivity index (χ4n) is 3.27. The quantitative estimate of drug-likeness (QED) is 0.252. The van der Waals surface area contributed by atoms with Gasteiger partial charge in [-0.2, -0.15) is 27.1 Å². The van der Waals surface area contributed by atoms with Gasteiger partial charge in [0.05, 0.1) is 16.3 Å². The Kier molecular flexibility index (Phi) is 6.14. The van der Waals surface area contributed by atoms with Crippen LogP contribution in [0.2, 0.25) is 0 Å². The molecule has 5 aromatic rings. The Hall–Kier alpha value is -3.91. The molecule has 0 aliphatic carbocycles. The van der Waals surface area contributed by atoms with Crippen molar-refractivity contribution in [3.63, 3.8) is 0 Å². The average Bonchev–Trinajstić information content (AvgIpc) is 3.58. The molecule has 0 fully saturated rings. The standard InChI is InChI=1S/C22H12F5N5O2S2/c23-20(24)34-12-5-3-11(4-6-12)15-10-36-21(29-15)30-19(33)14-9-18-28-13(16-2-1-7-35-16)8-17(22(25,26)27)32(18)31-14/h1-10,20H,(H,29,30,33). The number of halogens is 5. The number of ether oxygens (including phenoxy) is 1. The van der Waals surface area contributed by atoms with Crippen LogP contribution in [0, 0.1) is 0 Å². The van der Waals surface area contributed by atoms with Crippen molar-refractivity contribution < 1.29 is 31.5 Å². The third-order valence-electron chi connectivity index (χ3n) is 4.82. The molecule has 7 nitrogen and oxygen atoms in total. The molecule has 0 radical (unpaired) electrons. The lowest BCUT2D eigenvalue weighted by Gasteiger charge is -2.10. The number of hydrogen-bond donors (Lipinski definition) is 1. The summed E-state index contributed by atoms with van der Waals surface area (Å²) in [6.45, 7) is -2.94. The lowest BCUT2D eigenvalue weighted by Crippen LogP contribution is -2.15. The lowest BCUT2D eigenvalue weighted by molar-refractivity contribution is -0.142. The number of thiazole rings is 1. The Morgan fingerprint density at radius 2 is 1.81 bits per heavy atom. The predicted octanol–water partition coefficient (Wildman–Crippen LogP) is 6.45. The highest BCUT2D eigenvalue weighted by Crippen LogP contribution is 2.34. The Labute approximate surface area is 206 Å². The largest absolute Gasteiger partial charge is 0.435 e. The van der Waals surface area contributed by atoms with Gasteiger partial charge >= 0.3 is 12.8 Å². The van der Waals surface area contributed by atoms with Gasteiger partial charge in [-0.15, -0.1) is 22.7 Å². The van der Waals surface area contributed by atoms with Crippen molar-refractivity contribution in [3.05, 3.63) is 70.7 Å². The van der Waals surface area contributed by atoms with Crippen LogP contribution in [-0.4, -0.2) is 32.1 Å². The molecule has 1 N–H and O–H groups in total. The number of rotatable bonds is 6. The zero-order valence-corrected chi connectivity index (χ0v) is 19.3. The number of carbonyl (C=O) groups excluding carboxylic acids is 1. The van der Waals surface area contributed by atoms with E-state index in [1.807, 2.05) is 0 Å². The molecule has 0 aliphatic rings. The van der Waals surface area contributed by atoms with Crippen LogP contribution in [0.25, 0.3) is 27.5 Å². The average molecular weight is 537 g/mol. The maximum Gasteiger partial charge on any atom is 0.433 e. The molecular weight excluding hydrogens is 525 g/mol. The zero-order chi connectivity index (χ0) is 25.4. The molecule has 4 aromatic heterocycles. The number of nitrogens with zero attached hydrogens (tertiary/aromatic N) is 4. The Bertz CT molecular complexity index is 1530. The first kappa shape index (κ1) is 23.8. The Morgan fingerprint density at radius 3 is 2.47 bits per heavy atom. The van der Waals surface area contributed by atoms with Crippen molar-refractivity contribution in [3.8, 4) is 27.6 Å². The van der Waals surface area contributed by atoms with Crippen molar-refractivity contribution in [2.24, 2.45) is 0 Å². The highest BCUT2D eigenvalue weighted by atomic mass is 32.1. The van der Waals surface area contributed by atoms with E-state index < -0.39 is 24.4 Å². The maximum absolute atomic E-state index is 13.7. The number of amides is 1. The summed E-state index contributed by atoms with van der Waals surface area (Å²) in [4.78, 5) is 21.8. The van der Waals surface area contributed by atoms with Gasteiger partial charge in [0, 0.05) is 17.0 Å². The molecular formula is C22H12F5N5O2S2. The molecule has 4 heterocycles. The summed E-state index contributed by atoms with van der Waals surface area (Å²) in [6.07, 6.45) is -4.73. The van der Waals surface area contributed by atoms with Crippen LogP contribution in [0.15, 0.2) is 59.3 Å². The van der Waals surface area contributed by atoms with Crippen LogP contribution in [0.1, 0.15) is 16.2 Å². The molecule has 36 heavy (non-hydrogen) atoms. The highest BCUT2D eigenvalue weighted by molar-refractivity contribution is 7.14. The number of fused-ring (bicyclic) bond motifs is 1. The number of aromatic nitrogens is 4. The predicted molar refractivity (Wildman–Crippen MR) is 123 cm³/mol. The number of thiophene rings is 1. The Balaban J connectivity index is 1.40. The first-order chi connectivity index (χ1) is 17.2. The second-order valence-corrected chi connectivity index (χ2v) is 9.00. The second kappa shape index (κ2) is 9.28. The third-order valence-corrected chi connectivity index (χ3v) is 6.47. The second-order valence-electron chi connectivity index (χ2n) is 7.20. The van der Waals surface area contributed by atoms with Crippen LogP contribution >= 0.6 is 22.7 Å². The van der Waals surface area contributed by atoms with Crippen LogP contribution < -0.4 is 10.1 Å². The molecule has 0 bridgehead atoms. The summed E-state index contributed by atoms with van der Waals surface area (Å²) < 4.78 is 70.6. The summed E-state index contributed by atoms with van der Waals surface area (Å²) in [6, 6.07) is 11.1. The maximum atomic E-state index is 13.7. The van der Waals surface area contributed by atoms with Gasteiger partial charge in [-0.25, -0.2) is 14.5 Å². The van der Waals surface area contributed by atoms with Crippen molar-refractivity contribution in [2.75, 3.05) is 5.32 Å². The van der Waals surface area contributed by atoms with Gasteiger partial charge in [0.25, 0.3) is 5.91 Å². The van der Waals surface area contributed by atoms with Crippen LogP contribution in [0.5, 0.6) is 5.75 Å². The van der Waals surface area contributed by atoms with Crippen LogP contribution in [-0.2, 0) is 6.18 Å². The molecule has 1 aromatic carbocycles. The first-order valence-electron chi connectivity index (χ1n) is 10.0. The minimum absolute atomic E-state index is 0.0153. The summed E-state index contributed by atoms with van der Waals surface area (Å²) in [5.74, 6) is -0.786. The van der Waals surface area contributed by atoms with Crippen LogP contribution in [0.3, 0.4) is 0 Å². The number of carbonyl (C=O) groups is 1. The van der Waals surface area contributed by atoms with E-state index in [-0.39, 0.29) is 27.9 Å². The Morgan fingerprint density at radius 1 is 1.03 bits per heavy atom.